The summed E-state index contributed by atoms with van der Waals surface area (Å²) in [5.41, 5.74) is -0.697. The van der Waals surface area contributed by atoms with E-state index in [0.717, 1.165) is 6.07 Å². The van der Waals surface area contributed by atoms with Crippen molar-refractivity contribution in [3.05, 3.63) is 23.2 Å². The molecule has 86 valence electrons. The molecule has 0 heterocycles. The predicted octanol–water partition coefficient (Wildman–Crippen LogP) is 0.665. The Bertz CT molecular complexity index is 669. The molecule has 0 radical (unpaired) electrons. The van der Waals surface area contributed by atoms with Crippen molar-refractivity contribution in [2.75, 3.05) is 0 Å². The van der Waals surface area contributed by atoms with Gasteiger partial charge in [0.2, 0.25) is 5.39 Å². The van der Waals surface area contributed by atoms with Gasteiger partial charge in [0, 0.05) is 0 Å². The van der Waals surface area contributed by atoms with Crippen LogP contribution < -0.4 is 0 Å². The van der Waals surface area contributed by atoms with E-state index in [-0.39, 0.29) is 0 Å². The number of diazo groups is 1. The largest absolute Gasteiger partial charge is 0.407 e. The Kier molecular flexibility index (Phi) is 2.97. The molecule has 2 N–H and O–H groups in total. The van der Waals surface area contributed by atoms with E-state index in [9.17, 15) is 16.8 Å². The standard InChI is InChI=1S/C6H4N2O6S2/c7-8-5-3-4(15(9,10)11)1-2-6(5)16(12,13)14/h1-3H,(H-,9,10,11,12,13,14)/p+1. The Hall–Kier alpha value is -1.54. The lowest BCUT2D eigenvalue weighted by Gasteiger charge is -1.96. The lowest BCUT2D eigenvalue weighted by atomic mass is 10.3. The fraction of sp³-hybridized carbons (Fsp3) is 0. The van der Waals surface area contributed by atoms with Gasteiger partial charge in [-0.25, -0.2) is 0 Å². The summed E-state index contributed by atoms with van der Waals surface area (Å²) in [6.45, 7) is 0. The lowest BCUT2D eigenvalue weighted by Crippen LogP contribution is -2.01. The topological polar surface area (TPSA) is 137 Å². The Morgan fingerprint density at radius 2 is 1.62 bits per heavy atom. The van der Waals surface area contributed by atoms with Gasteiger partial charge < -0.3 is 0 Å². The second-order valence-corrected chi connectivity index (χ2v) is 5.49. The molecule has 0 spiro atoms. The van der Waals surface area contributed by atoms with Crippen molar-refractivity contribution in [2.45, 2.75) is 9.79 Å². The van der Waals surface area contributed by atoms with Crippen LogP contribution in [0.3, 0.4) is 0 Å². The summed E-state index contributed by atoms with van der Waals surface area (Å²) in [5.74, 6) is 0. The first kappa shape index (κ1) is 12.5. The van der Waals surface area contributed by atoms with Crippen molar-refractivity contribution in [1.82, 2.24) is 0 Å². The van der Waals surface area contributed by atoms with Crippen LogP contribution in [0, 0.1) is 5.39 Å². The number of hydrogen-bond acceptors (Lipinski definition) is 5. The molecule has 1 aromatic rings. The van der Waals surface area contributed by atoms with Gasteiger partial charge >= 0.3 is 15.8 Å². The van der Waals surface area contributed by atoms with Crippen molar-refractivity contribution >= 4 is 25.9 Å². The lowest BCUT2D eigenvalue weighted by molar-refractivity contribution is 0.479. The maximum absolute atomic E-state index is 10.7. The average Bonchev–Trinajstić information content (AvgIpc) is 2.14. The molecule has 0 saturated carbocycles. The third-order valence-corrected chi connectivity index (χ3v) is 3.36. The Labute approximate surface area is 90.6 Å². The fourth-order valence-corrected chi connectivity index (χ4v) is 2.06. The smallest absolute Gasteiger partial charge is 0.282 e. The SMILES string of the molecule is N#[N+]c1cc(S(=O)(=O)O)ccc1S(=O)(=O)O. The van der Waals surface area contributed by atoms with Gasteiger partial charge in [-0.2, -0.15) is 16.8 Å². The number of nitrogens with zero attached hydrogens (tertiary/aromatic N) is 2. The van der Waals surface area contributed by atoms with Crippen LogP contribution in [-0.2, 0) is 20.2 Å². The van der Waals surface area contributed by atoms with Gasteiger partial charge in [0.15, 0.2) is 9.87 Å². The molecule has 1 rings (SSSR count). The van der Waals surface area contributed by atoms with Gasteiger partial charge in [0.25, 0.3) is 10.1 Å². The van der Waals surface area contributed by atoms with Crippen molar-refractivity contribution in [3.63, 3.8) is 0 Å². The van der Waals surface area contributed by atoms with E-state index in [0.29, 0.717) is 12.1 Å². The highest BCUT2D eigenvalue weighted by Gasteiger charge is 2.27. The molecule has 0 aliphatic heterocycles. The highest BCUT2D eigenvalue weighted by atomic mass is 32.2. The van der Waals surface area contributed by atoms with Crippen LogP contribution in [0.1, 0.15) is 0 Å². The monoisotopic (exact) mass is 265 g/mol. The minimum atomic E-state index is -4.64. The number of benzene rings is 1. The highest BCUT2D eigenvalue weighted by Crippen LogP contribution is 2.27. The molecular formula is C6H5N2O6S2+. The highest BCUT2D eigenvalue weighted by molar-refractivity contribution is 7.86. The quantitative estimate of drug-likeness (QED) is 0.591. The van der Waals surface area contributed by atoms with Crippen molar-refractivity contribution in [2.24, 2.45) is 0 Å². The Morgan fingerprint density at radius 1 is 1.06 bits per heavy atom. The summed E-state index contributed by atoms with van der Waals surface area (Å²) >= 11 is 0. The molecule has 16 heavy (non-hydrogen) atoms. The van der Waals surface area contributed by atoms with E-state index in [1.165, 1.54) is 0 Å². The molecule has 0 aromatic heterocycles. The zero-order valence-corrected chi connectivity index (χ0v) is 9.10. The van der Waals surface area contributed by atoms with Gasteiger partial charge in [-0.1, -0.05) is 0 Å². The maximum Gasteiger partial charge on any atom is 0.407 e. The summed E-state index contributed by atoms with van der Waals surface area (Å²) in [5, 5.41) is 8.44. The van der Waals surface area contributed by atoms with E-state index in [2.05, 4.69) is 4.98 Å². The van der Waals surface area contributed by atoms with Crippen molar-refractivity contribution in [3.8, 4) is 0 Å². The molecular weight excluding hydrogens is 260 g/mol. The van der Waals surface area contributed by atoms with E-state index >= 15 is 0 Å². The van der Waals surface area contributed by atoms with E-state index < -0.39 is 35.7 Å². The molecule has 10 heteroatoms. The average molecular weight is 265 g/mol. The number of rotatable bonds is 2. The molecule has 1 aromatic carbocycles. The molecule has 8 nitrogen and oxygen atoms in total. The molecule has 0 aliphatic rings. The second-order valence-electron chi connectivity index (χ2n) is 2.68. The zero-order valence-electron chi connectivity index (χ0n) is 7.47. The van der Waals surface area contributed by atoms with E-state index in [4.69, 9.17) is 14.5 Å². The third-order valence-electron chi connectivity index (χ3n) is 1.61. The molecule has 0 bridgehead atoms. The maximum atomic E-state index is 10.7. The summed E-state index contributed by atoms with van der Waals surface area (Å²) in [6, 6.07) is 2.03. The minimum absolute atomic E-state index is 0.596. The van der Waals surface area contributed by atoms with E-state index in [1.807, 2.05) is 0 Å². The predicted molar refractivity (Wildman–Crippen MR) is 50.8 cm³/mol. The molecule has 0 fully saturated rings. The first-order valence-corrected chi connectivity index (χ1v) is 6.48. The van der Waals surface area contributed by atoms with Crippen LogP contribution in [0.4, 0.5) is 5.69 Å². The Balaban J connectivity index is 3.60. The van der Waals surface area contributed by atoms with Crippen LogP contribution in [0.15, 0.2) is 28.0 Å². The summed E-state index contributed by atoms with van der Waals surface area (Å²) in [4.78, 5) is 1.06. The fourth-order valence-electron chi connectivity index (χ4n) is 0.954. The first-order valence-electron chi connectivity index (χ1n) is 3.60. The van der Waals surface area contributed by atoms with Crippen molar-refractivity contribution < 1.29 is 25.9 Å². The van der Waals surface area contributed by atoms with Gasteiger partial charge in [-0.05, 0) is 12.1 Å². The van der Waals surface area contributed by atoms with Crippen LogP contribution in [0.25, 0.3) is 4.98 Å². The minimum Gasteiger partial charge on any atom is -0.282 e. The third kappa shape index (κ3) is 2.52. The molecule has 0 amide bonds. The molecule has 0 atom stereocenters. The summed E-state index contributed by atoms with van der Waals surface area (Å²) in [6.07, 6.45) is 0. The van der Waals surface area contributed by atoms with E-state index in [1.54, 1.807) is 0 Å². The molecule has 0 saturated heterocycles. The summed E-state index contributed by atoms with van der Waals surface area (Å²) < 4.78 is 60.2. The van der Waals surface area contributed by atoms with Crippen molar-refractivity contribution in [1.29, 1.82) is 5.39 Å². The van der Waals surface area contributed by atoms with Gasteiger partial charge in [-0.3, -0.25) is 9.11 Å². The number of hydrogen-bond donors (Lipinski definition) is 2. The first-order chi connectivity index (χ1) is 7.16. The Morgan fingerprint density at radius 3 is 2.00 bits per heavy atom. The van der Waals surface area contributed by atoms with Crippen LogP contribution in [0.5, 0.6) is 0 Å². The van der Waals surface area contributed by atoms with Crippen LogP contribution in [-0.4, -0.2) is 25.9 Å². The molecule has 0 unspecified atom stereocenters. The second kappa shape index (κ2) is 3.80. The zero-order chi connectivity index (χ0) is 12.6. The van der Waals surface area contributed by atoms with Gasteiger partial charge in [-0.15, -0.1) is 0 Å². The normalized spacial score (nSPS) is 12.1. The summed E-state index contributed by atoms with van der Waals surface area (Å²) in [7, 11) is -9.18. The van der Waals surface area contributed by atoms with Crippen LogP contribution in [0.2, 0.25) is 0 Å². The van der Waals surface area contributed by atoms with Crippen LogP contribution >= 0.6 is 0 Å². The van der Waals surface area contributed by atoms with Gasteiger partial charge in [0.1, 0.15) is 4.90 Å². The molecule has 0 aliphatic carbocycles. The van der Waals surface area contributed by atoms with Gasteiger partial charge in [0.05, 0.1) is 6.07 Å².